The number of thiazole rings is 1. The molecule has 0 amide bonds. The van der Waals surface area contributed by atoms with Gasteiger partial charge in [-0.25, -0.2) is 9.79 Å². The van der Waals surface area contributed by atoms with Gasteiger partial charge in [0.1, 0.15) is 11.5 Å². The van der Waals surface area contributed by atoms with Crippen LogP contribution in [0.5, 0.6) is 11.5 Å². The molecular formula is C27H28N2O5S. The van der Waals surface area contributed by atoms with Gasteiger partial charge in [-0.2, -0.15) is 0 Å². The van der Waals surface area contributed by atoms with Crippen molar-refractivity contribution in [3.05, 3.63) is 90.6 Å². The highest BCUT2D eigenvalue weighted by Crippen LogP contribution is 2.31. The van der Waals surface area contributed by atoms with Gasteiger partial charge >= 0.3 is 5.97 Å². The van der Waals surface area contributed by atoms with Gasteiger partial charge in [0.05, 0.1) is 42.7 Å². The molecule has 1 atom stereocenters. The smallest absolute Gasteiger partial charge is 0.338 e. The highest BCUT2D eigenvalue weighted by Gasteiger charge is 2.33. The van der Waals surface area contributed by atoms with Gasteiger partial charge in [-0.15, -0.1) is 0 Å². The Kier molecular flexibility index (Phi) is 7.51. The van der Waals surface area contributed by atoms with Crippen molar-refractivity contribution in [2.24, 2.45) is 4.99 Å². The van der Waals surface area contributed by atoms with E-state index in [0.717, 1.165) is 29.7 Å². The minimum atomic E-state index is -0.652. The lowest BCUT2D eigenvalue weighted by Gasteiger charge is -2.24. The Balaban J connectivity index is 1.79. The Morgan fingerprint density at radius 3 is 2.40 bits per heavy atom. The number of nitrogens with zero attached hydrogens (tertiary/aromatic N) is 2. The van der Waals surface area contributed by atoms with Crippen LogP contribution in [-0.2, 0) is 9.53 Å². The van der Waals surface area contributed by atoms with E-state index in [-0.39, 0.29) is 5.56 Å². The SMILES string of the molecule is CCCCOc1ccc(/C=c2/sc3n(c2=O)[C@H](c2ccc(OC)cc2)C(C(=O)OC)=C(C)N=3)cc1. The zero-order valence-electron chi connectivity index (χ0n) is 20.2. The molecule has 182 valence electrons. The summed E-state index contributed by atoms with van der Waals surface area (Å²) in [7, 11) is 2.92. The molecule has 3 aromatic rings. The Labute approximate surface area is 207 Å². The largest absolute Gasteiger partial charge is 0.497 e. The first kappa shape index (κ1) is 24.5. The summed E-state index contributed by atoms with van der Waals surface area (Å²) in [6.07, 6.45) is 3.92. The number of carbonyl (C=O) groups excluding carboxylic acids is 1. The third kappa shape index (κ3) is 5.07. The summed E-state index contributed by atoms with van der Waals surface area (Å²) in [6, 6.07) is 14.3. The molecule has 1 aliphatic heterocycles. The Morgan fingerprint density at radius 2 is 1.77 bits per heavy atom. The molecule has 0 radical (unpaired) electrons. The van der Waals surface area contributed by atoms with Crippen molar-refractivity contribution in [3.8, 4) is 11.5 Å². The van der Waals surface area contributed by atoms with Crippen molar-refractivity contribution in [2.45, 2.75) is 32.7 Å². The van der Waals surface area contributed by atoms with Crippen LogP contribution in [0, 0.1) is 0 Å². The molecule has 7 nitrogen and oxygen atoms in total. The van der Waals surface area contributed by atoms with E-state index in [4.69, 9.17) is 14.2 Å². The maximum atomic E-state index is 13.6. The molecule has 0 aliphatic carbocycles. The third-order valence-electron chi connectivity index (χ3n) is 5.80. The predicted octanol–water partition coefficient (Wildman–Crippen LogP) is 3.60. The van der Waals surface area contributed by atoms with E-state index in [1.807, 2.05) is 42.5 Å². The topological polar surface area (TPSA) is 79.1 Å². The van der Waals surface area contributed by atoms with Gasteiger partial charge in [0.15, 0.2) is 4.80 Å². The molecule has 8 heteroatoms. The number of fused-ring (bicyclic) bond motifs is 1. The Morgan fingerprint density at radius 1 is 1.09 bits per heavy atom. The number of carbonyl (C=O) groups is 1. The zero-order valence-corrected chi connectivity index (χ0v) is 21.1. The number of unbranched alkanes of at least 4 members (excludes halogenated alkanes) is 1. The van der Waals surface area contributed by atoms with E-state index in [2.05, 4.69) is 11.9 Å². The van der Waals surface area contributed by atoms with E-state index in [0.29, 0.717) is 33.0 Å². The Hall–Kier alpha value is -3.65. The molecule has 0 spiro atoms. The Bertz CT molecular complexity index is 1420. The van der Waals surface area contributed by atoms with E-state index >= 15 is 0 Å². The van der Waals surface area contributed by atoms with Crippen LogP contribution < -0.4 is 24.4 Å². The van der Waals surface area contributed by atoms with Crippen LogP contribution in [0.15, 0.2) is 69.6 Å². The van der Waals surface area contributed by atoms with E-state index in [1.165, 1.54) is 18.4 Å². The number of benzene rings is 2. The summed E-state index contributed by atoms with van der Waals surface area (Å²) in [6.45, 7) is 4.57. The number of methoxy groups -OCH3 is 2. The van der Waals surface area contributed by atoms with E-state index in [9.17, 15) is 9.59 Å². The fourth-order valence-electron chi connectivity index (χ4n) is 3.94. The predicted molar refractivity (Wildman–Crippen MR) is 136 cm³/mol. The lowest BCUT2D eigenvalue weighted by molar-refractivity contribution is -0.136. The molecule has 1 aliphatic rings. The van der Waals surface area contributed by atoms with Gasteiger partial charge in [0.25, 0.3) is 5.56 Å². The van der Waals surface area contributed by atoms with Crippen LogP contribution in [0.2, 0.25) is 0 Å². The molecular weight excluding hydrogens is 464 g/mol. The van der Waals surface area contributed by atoms with Crippen molar-refractivity contribution in [3.63, 3.8) is 0 Å². The number of aromatic nitrogens is 1. The lowest BCUT2D eigenvalue weighted by Crippen LogP contribution is -2.39. The summed E-state index contributed by atoms with van der Waals surface area (Å²) in [5.41, 5.74) is 2.29. The van der Waals surface area contributed by atoms with Gasteiger partial charge in [-0.1, -0.05) is 48.9 Å². The average molecular weight is 493 g/mol. The van der Waals surface area contributed by atoms with Gasteiger partial charge in [0, 0.05) is 0 Å². The van der Waals surface area contributed by atoms with Crippen molar-refractivity contribution in [2.75, 3.05) is 20.8 Å². The molecule has 35 heavy (non-hydrogen) atoms. The number of hydrogen-bond donors (Lipinski definition) is 0. The van der Waals surface area contributed by atoms with Gasteiger partial charge < -0.3 is 14.2 Å². The number of ether oxygens (including phenoxy) is 3. The molecule has 2 heterocycles. The fourth-order valence-corrected chi connectivity index (χ4v) is 4.99. The van der Waals surface area contributed by atoms with Crippen LogP contribution in [0.4, 0.5) is 0 Å². The molecule has 0 fully saturated rings. The maximum Gasteiger partial charge on any atom is 0.338 e. The highest BCUT2D eigenvalue weighted by atomic mass is 32.1. The quantitative estimate of drug-likeness (QED) is 0.355. The van der Waals surface area contributed by atoms with Gasteiger partial charge in [-0.3, -0.25) is 9.36 Å². The number of allylic oxidation sites excluding steroid dienone is 1. The third-order valence-corrected chi connectivity index (χ3v) is 6.79. The summed E-state index contributed by atoms with van der Waals surface area (Å²) in [5.74, 6) is 0.971. The number of hydrogen-bond acceptors (Lipinski definition) is 7. The van der Waals surface area contributed by atoms with E-state index in [1.54, 1.807) is 30.7 Å². The molecule has 2 aromatic carbocycles. The molecule has 0 bridgehead atoms. The first-order valence-electron chi connectivity index (χ1n) is 11.4. The van der Waals surface area contributed by atoms with Crippen LogP contribution in [0.1, 0.15) is 43.9 Å². The second-order valence-corrected chi connectivity index (χ2v) is 9.13. The molecule has 0 unspecified atom stereocenters. The van der Waals surface area contributed by atoms with Crippen molar-refractivity contribution in [1.29, 1.82) is 0 Å². The molecule has 1 aromatic heterocycles. The first-order valence-corrected chi connectivity index (χ1v) is 12.3. The fraction of sp³-hybridized carbons (Fsp3) is 0.296. The summed E-state index contributed by atoms with van der Waals surface area (Å²) < 4.78 is 18.1. The van der Waals surface area contributed by atoms with Crippen LogP contribution in [-0.4, -0.2) is 31.4 Å². The summed E-state index contributed by atoms with van der Waals surface area (Å²) in [4.78, 5) is 31.4. The standard InChI is InChI=1S/C27H28N2O5S/c1-5-6-15-34-21-11-7-18(8-12-21)16-22-25(30)29-24(19-9-13-20(32-3)14-10-19)23(26(31)33-4)17(2)28-27(29)35-22/h7-14,16,24H,5-6,15H2,1-4H3/b22-16+/t24-/m1/s1. The summed E-state index contributed by atoms with van der Waals surface area (Å²) >= 11 is 1.30. The van der Waals surface area contributed by atoms with Gasteiger partial charge in [-0.05, 0) is 54.8 Å². The second-order valence-electron chi connectivity index (χ2n) is 8.12. The monoisotopic (exact) mass is 492 g/mol. The van der Waals surface area contributed by atoms with Crippen molar-refractivity contribution < 1.29 is 19.0 Å². The first-order chi connectivity index (χ1) is 17.0. The van der Waals surface area contributed by atoms with Crippen molar-refractivity contribution in [1.82, 2.24) is 4.57 Å². The number of esters is 1. The van der Waals surface area contributed by atoms with Gasteiger partial charge in [0.2, 0.25) is 0 Å². The maximum absolute atomic E-state index is 13.6. The number of rotatable bonds is 8. The normalized spacial score (nSPS) is 15.4. The summed E-state index contributed by atoms with van der Waals surface area (Å²) in [5, 5.41) is 0. The molecule has 4 rings (SSSR count). The van der Waals surface area contributed by atoms with Crippen LogP contribution in [0.25, 0.3) is 6.08 Å². The highest BCUT2D eigenvalue weighted by molar-refractivity contribution is 7.07. The van der Waals surface area contributed by atoms with Crippen LogP contribution in [0.3, 0.4) is 0 Å². The average Bonchev–Trinajstić information content (AvgIpc) is 3.18. The molecule has 0 saturated heterocycles. The van der Waals surface area contributed by atoms with E-state index < -0.39 is 12.0 Å². The molecule has 0 saturated carbocycles. The lowest BCUT2D eigenvalue weighted by atomic mass is 9.96. The minimum Gasteiger partial charge on any atom is -0.497 e. The van der Waals surface area contributed by atoms with Crippen LogP contribution >= 0.6 is 11.3 Å². The second kappa shape index (κ2) is 10.7. The van der Waals surface area contributed by atoms with Crippen molar-refractivity contribution >= 4 is 23.4 Å². The minimum absolute atomic E-state index is 0.216. The zero-order chi connectivity index (χ0) is 24.9. The molecule has 0 N–H and O–H groups in total.